The van der Waals surface area contributed by atoms with Crippen molar-refractivity contribution in [2.24, 2.45) is 5.92 Å². The van der Waals surface area contributed by atoms with Crippen LogP contribution in [0.15, 0.2) is 54.9 Å². The number of hydrogen-bond donors (Lipinski definition) is 0. The molecule has 0 N–H and O–H groups in total. The molecule has 1 aliphatic heterocycles. The van der Waals surface area contributed by atoms with Gasteiger partial charge in [0.05, 0.1) is 24.4 Å². The van der Waals surface area contributed by atoms with Crippen LogP contribution in [0.1, 0.15) is 11.3 Å². The van der Waals surface area contributed by atoms with Crippen LogP contribution in [0.4, 0.5) is 0 Å². The number of hydrogen-bond acceptors (Lipinski definition) is 3. The quantitative estimate of drug-likeness (QED) is 0.745. The summed E-state index contributed by atoms with van der Waals surface area (Å²) in [6, 6.07) is 13.8. The summed E-state index contributed by atoms with van der Waals surface area (Å²) in [5.41, 5.74) is 2.99. The molecule has 5 nitrogen and oxygen atoms in total. The Kier molecular flexibility index (Phi) is 3.69. The fourth-order valence-electron chi connectivity index (χ4n) is 3.22. The number of rotatable bonds is 3. The minimum atomic E-state index is -0.135. The highest BCUT2D eigenvalue weighted by Crippen LogP contribution is 2.27. The number of ether oxygens (including phenoxy) is 1. The summed E-state index contributed by atoms with van der Waals surface area (Å²) in [7, 11) is 1.84. The Bertz CT molecular complexity index is 887. The van der Waals surface area contributed by atoms with E-state index in [1.807, 2.05) is 66.3 Å². The summed E-state index contributed by atoms with van der Waals surface area (Å²) in [6.07, 6.45) is 4.52. The number of fused-ring (bicyclic) bond motifs is 2. The number of para-hydroxylation sites is 1. The number of carbonyl (C=O) groups is 1. The molecular formula is C19H19N3O2. The molecule has 1 unspecified atom stereocenters. The number of amides is 1. The predicted molar refractivity (Wildman–Crippen MR) is 90.8 cm³/mol. The van der Waals surface area contributed by atoms with Crippen LogP contribution in [0.3, 0.4) is 0 Å². The van der Waals surface area contributed by atoms with E-state index >= 15 is 0 Å². The number of carbonyl (C=O) groups excluding carboxylic acids is 1. The Labute approximate surface area is 140 Å². The van der Waals surface area contributed by atoms with Gasteiger partial charge in [0.15, 0.2) is 0 Å². The van der Waals surface area contributed by atoms with E-state index in [9.17, 15) is 4.79 Å². The normalized spacial score (nSPS) is 16.5. The first-order chi connectivity index (χ1) is 11.7. The van der Waals surface area contributed by atoms with Crippen LogP contribution in [0.25, 0.3) is 5.65 Å². The van der Waals surface area contributed by atoms with Crippen molar-refractivity contribution in [1.82, 2.24) is 14.3 Å². The predicted octanol–water partition coefficient (Wildman–Crippen LogP) is 2.54. The summed E-state index contributed by atoms with van der Waals surface area (Å²) in [4.78, 5) is 18.9. The van der Waals surface area contributed by atoms with Gasteiger partial charge >= 0.3 is 0 Å². The van der Waals surface area contributed by atoms with Crippen LogP contribution in [0.2, 0.25) is 0 Å². The molecule has 1 atom stereocenters. The lowest BCUT2D eigenvalue weighted by Gasteiger charge is -2.28. The first-order valence-electron chi connectivity index (χ1n) is 8.09. The molecule has 0 aliphatic carbocycles. The standard InChI is InChI=1S/C19H19N3O2/c1-21(12-16-11-20-18-8-4-5-9-22(16)18)19(23)15-10-14-6-2-3-7-17(14)24-13-15/h2-9,11,15H,10,12-13H2,1H3. The molecule has 24 heavy (non-hydrogen) atoms. The van der Waals surface area contributed by atoms with Crippen molar-refractivity contribution in [3.63, 3.8) is 0 Å². The fourth-order valence-corrected chi connectivity index (χ4v) is 3.22. The van der Waals surface area contributed by atoms with Gasteiger partial charge in [0, 0.05) is 13.2 Å². The SMILES string of the molecule is CN(Cc1cnc2ccccn12)C(=O)C1COc2ccccc2C1. The third-order valence-corrected chi connectivity index (χ3v) is 4.50. The van der Waals surface area contributed by atoms with Crippen LogP contribution in [-0.2, 0) is 17.8 Å². The van der Waals surface area contributed by atoms with E-state index in [1.165, 1.54) is 0 Å². The topological polar surface area (TPSA) is 46.8 Å². The maximum absolute atomic E-state index is 12.8. The molecule has 0 saturated heterocycles. The summed E-state index contributed by atoms with van der Waals surface area (Å²) >= 11 is 0. The molecule has 0 fully saturated rings. The monoisotopic (exact) mass is 321 g/mol. The molecule has 4 rings (SSSR count). The summed E-state index contributed by atoms with van der Waals surface area (Å²) in [5.74, 6) is 0.866. The molecule has 1 amide bonds. The molecule has 5 heteroatoms. The van der Waals surface area contributed by atoms with Crippen molar-refractivity contribution in [3.8, 4) is 5.75 Å². The minimum absolute atomic E-state index is 0.107. The van der Waals surface area contributed by atoms with Crippen LogP contribution < -0.4 is 4.74 Å². The average Bonchev–Trinajstić information content (AvgIpc) is 3.03. The second-order valence-corrected chi connectivity index (χ2v) is 6.19. The van der Waals surface area contributed by atoms with Crippen LogP contribution >= 0.6 is 0 Å². The second kappa shape index (κ2) is 6.00. The highest BCUT2D eigenvalue weighted by atomic mass is 16.5. The molecule has 0 bridgehead atoms. The van der Waals surface area contributed by atoms with Crippen molar-refractivity contribution in [2.45, 2.75) is 13.0 Å². The van der Waals surface area contributed by atoms with E-state index in [0.717, 1.165) is 29.1 Å². The average molecular weight is 321 g/mol. The smallest absolute Gasteiger partial charge is 0.229 e. The van der Waals surface area contributed by atoms with E-state index in [-0.39, 0.29) is 11.8 Å². The zero-order valence-corrected chi connectivity index (χ0v) is 13.6. The molecular weight excluding hydrogens is 302 g/mol. The lowest BCUT2D eigenvalue weighted by atomic mass is 9.95. The Hall–Kier alpha value is -2.82. The molecule has 0 spiro atoms. The molecule has 2 aromatic heterocycles. The maximum Gasteiger partial charge on any atom is 0.229 e. The lowest BCUT2D eigenvalue weighted by Crippen LogP contribution is -2.38. The third-order valence-electron chi connectivity index (χ3n) is 4.50. The van der Waals surface area contributed by atoms with Gasteiger partial charge in [-0.2, -0.15) is 0 Å². The first-order valence-corrected chi connectivity index (χ1v) is 8.09. The Morgan fingerprint density at radius 3 is 3.04 bits per heavy atom. The molecule has 122 valence electrons. The van der Waals surface area contributed by atoms with Gasteiger partial charge in [-0.25, -0.2) is 4.98 Å². The van der Waals surface area contributed by atoms with Crippen molar-refractivity contribution in [2.75, 3.05) is 13.7 Å². The number of nitrogens with zero attached hydrogens (tertiary/aromatic N) is 3. The van der Waals surface area contributed by atoms with Gasteiger partial charge in [0.25, 0.3) is 0 Å². The molecule has 0 radical (unpaired) electrons. The van der Waals surface area contributed by atoms with Crippen molar-refractivity contribution < 1.29 is 9.53 Å². The van der Waals surface area contributed by atoms with Gasteiger partial charge in [-0.05, 0) is 30.2 Å². The highest BCUT2D eigenvalue weighted by Gasteiger charge is 2.28. The van der Waals surface area contributed by atoms with Gasteiger partial charge in [-0.3, -0.25) is 4.79 Å². The molecule has 1 aromatic carbocycles. The van der Waals surface area contributed by atoms with E-state index in [1.54, 1.807) is 4.90 Å². The van der Waals surface area contributed by atoms with Gasteiger partial charge in [0.2, 0.25) is 5.91 Å². The molecule has 0 saturated carbocycles. The van der Waals surface area contributed by atoms with E-state index in [2.05, 4.69) is 4.98 Å². The van der Waals surface area contributed by atoms with Crippen molar-refractivity contribution in [3.05, 3.63) is 66.1 Å². The van der Waals surface area contributed by atoms with Gasteiger partial charge in [0.1, 0.15) is 18.0 Å². The minimum Gasteiger partial charge on any atom is -0.492 e. The van der Waals surface area contributed by atoms with Gasteiger partial charge < -0.3 is 14.0 Å². The first kappa shape index (κ1) is 14.8. The Balaban J connectivity index is 1.49. The molecule has 3 aromatic rings. The van der Waals surface area contributed by atoms with Crippen LogP contribution in [0, 0.1) is 5.92 Å². The number of aromatic nitrogens is 2. The maximum atomic E-state index is 12.8. The lowest BCUT2D eigenvalue weighted by molar-refractivity contribution is -0.136. The Morgan fingerprint density at radius 1 is 1.29 bits per heavy atom. The summed E-state index contributed by atoms with van der Waals surface area (Å²) < 4.78 is 7.76. The summed E-state index contributed by atoms with van der Waals surface area (Å²) in [5, 5.41) is 0. The third kappa shape index (κ3) is 2.62. The number of benzene rings is 1. The molecule has 1 aliphatic rings. The molecule has 3 heterocycles. The number of imidazole rings is 1. The van der Waals surface area contributed by atoms with Crippen LogP contribution in [0.5, 0.6) is 5.75 Å². The van der Waals surface area contributed by atoms with Crippen LogP contribution in [-0.4, -0.2) is 33.8 Å². The zero-order chi connectivity index (χ0) is 16.5. The number of pyridine rings is 1. The fraction of sp³-hybridized carbons (Fsp3) is 0.263. The van der Waals surface area contributed by atoms with Crippen molar-refractivity contribution >= 4 is 11.6 Å². The van der Waals surface area contributed by atoms with E-state index in [0.29, 0.717) is 13.2 Å². The summed E-state index contributed by atoms with van der Waals surface area (Å²) in [6.45, 7) is 0.968. The van der Waals surface area contributed by atoms with E-state index in [4.69, 9.17) is 4.74 Å². The Morgan fingerprint density at radius 2 is 2.12 bits per heavy atom. The van der Waals surface area contributed by atoms with Gasteiger partial charge in [-0.1, -0.05) is 24.3 Å². The highest BCUT2D eigenvalue weighted by molar-refractivity contribution is 5.79. The largest absolute Gasteiger partial charge is 0.492 e. The van der Waals surface area contributed by atoms with E-state index < -0.39 is 0 Å². The van der Waals surface area contributed by atoms with Crippen molar-refractivity contribution in [1.29, 1.82) is 0 Å². The zero-order valence-electron chi connectivity index (χ0n) is 13.6. The van der Waals surface area contributed by atoms with Gasteiger partial charge in [-0.15, -0.1) is 0 Å². The second-order valence-electron chi connectivity index (χ2n) is 6.19.